The van der Waals surface area contributed by atoms with Crippen molar-refractivity contribution in [3.05, 3.63) is 83.4 Å². The first kappa shape index (κ1) is 31.8. The number of nitrogens with one attached hydrogen (secondary N) is 1. The zero-order chi connectivity index (χ0) is 30.2. The van der Waals surface area contributed by atoms with Gasteiger partial charge in [-0.05, 0) is 62.2 Å². The topological polar surface area (TPSA) is 105 Å². The second-order valence-electron chi connectivity index (χ2n) is 9.50. The molecule has 0 aliphatic heterocycles. The van der Waals surface area contributed by atoms with Gasteiger partial charge in [0.15, 0.2) is 0 Å². The summed E-state index contributed by atoms with van der Waals surface area (Å²) in [6.45, 7) is 4.89. The smallest absolute Gasteiger partial charge is 0.264 e. The number of hydrogen-bond acceptors (Lipinski definition) is 6. The summed E-state index contributed by atoms with van der Waals surface area (Å²) in [7, 11) is -1.39. The number of halogens is 1. The minimum absolute atomic E-state index is 0.00973. The number of carbonyl (C=O) groups excluding carboxylic acids is 2. The first-order valence-electron chi connectivity index (χ1n) is 13.2. The molecule has 0 spiro atoms. The van der Waals surface area contributed by atoms with E-state index in [2.05, 4.69) is 5.32 Å². The second-order valence-corrected chi connectivity index (χ2v) is 11.8. The van der Waals surface area contributed by atoms with Crippen LogP contribution in [-0.4, -0.2) is 58.0 Å². The minimum atomic E-state index is -4.26. The highest BCUT2D eigenvalue weighted by atomic mass is 35.5. The molecule has 0 bridgehead atoms. The van der Waals surface area contributed by atoms with Crippen molar-refractivity contribution in [3.63, 3.8) is 0 Å². The number of amides is 2. The third-order valence-corrected chi connectivity index (χ3v) is 8.73. The molecule has 3 aromatic rings. The lowest BCUT2D eigenvalue weighted by Crippen LogP contribution is -2.52. The Morgan fingerprint density at radius 1 is 0.951 bits per heavy atom. The number of carbonyl (C=O) groups is 2. The van der Waals surface area contributed by atoms with Crippen LogP contribution < -0.4 is 19.1 Å². The van der Waals surface area contributed by atoms with Gasteiger partial charge in [-0.2, -0.15) is 0 Å². The Kier molecular flexibility index (Phi) is 11.0. The molecule has 1 N–H and O–H groups in total. The highest BCUT2D eigenvalue weighted by Crippen LogP contribution is 2.36. The van der Waals surface area contributed by atoms with Crippen LogP contribution in [0, 0.1) is 0 Å². The summed E-state index contributed by atoms with van der Waals surface area (Å²) in [6, 6.07) is 18.4. The molecule has 3 rings (SSSR count). The van der Waals surface area contributed by atoms with Crippen LogP contribution >= 0.6 is 11.6 Å². The molecule has 9 nitrogen and oxygen atoms in total. The lowest BCUT2D eigenvalue weighted by atomic mass is 10.1. The number of nitrogens with zero attached hydrogens (tertiary/aromatic N) is 2. The number of benzene rings is 3. The van der Waals surface area contributed by atoms with Gasteiger partial charge >= 0.3 is 0 Å². The van der Waals surface area contributed by atoms with Crippen LogP contribution in [0.5, 0.6) is 11.5 Å². The molecule has 2 atom stereocenters. The van der Waals surface area contributed by atoms with Gasteiger partial charge in [0.1, 0.15) is 24.1 Å². The number of rotatable bonds is 13. The van der Waals surface area contributed by atoms with Gasteiger partial charge in [0, 0.05) is 23.7 Å². The number of hydrogen-bond donors (Lipinski definition) is 1. The van der Waals surface area contributed by atoms with Crippen molar-refractivity contribution >= 4 is 39.1 Å². The van der Waals surface area contributed by atoms with E-state index in [1.165, 1.54) is 37.3 Å². The molecular formula is C30H36ClN3O6S. The van der Waals surface area contributed by atoms with E-state index in [0.717, 1.165) is 9.87 Å². The fraction of sp³-hybridized carbons (Fsp3) is 0.333. The Bertz CT molecular complexity index is 1430. The van der Waals surface area contributed by atoms with Crippen LogP contribution in [0.15, 0.2) is 77.7 Å². The molecule has 0 aromatic heterocycles. The average Bonchev–Trinajstić information content (AvgIpc) is 2.98. The van der Waals surface area contributed by atoms with Gasteiger partial charge < -0.3 is 19.7 Å². The first-order chi connectivity index (χ1) is 19.5. The van der Waals surface area contributed by atoms with Crippen molar-refractivity contribution in [2.45, 2.75) is 50.7 Å². The second kappa shape index (κ2) is 14.2. The van der Waals surface area contributed by atoms with Crippen molar-refractivity contribution < 1.29 is 27.5 Å². The largest absolute Gasteiger partial charge is 0.497 e. The van der Waals surface area contributed by atoms with Gasteiger partial charge in [0.05, 0.1) is 24.8 Å². The number of anilines is 1. The summed E-state index contributed by atoms with van der Waals surface area (Å²) in [5, 5.41) is 3.44. The summed E-state index contributed by atoms with van der Waals surface area (Å²) < 4.78 is 39.8. The Hall–Kier alpha value is -3.76. The predicted molar refractivity (Wildman–Crippen MR) is 160 cm³/mol. The van der Waals surface area contributed by atoms with E-state index in [9.17, 15) is 18.0 Å². The number of ether oxygens (including phenoxy) is 2. The molecule has 0 aliphatic carbocycles. The zero-order valence-electron chi connectivity index (χ0n) is 23.8. The van der Waals surface area contributed by atoms with E-state index in [4.69, 9.17) is 21.1 Å². The highest BCUT2D eigenvalue weighted by molar-refractivity contribution is 7.92. The lowest BCUT2D eigenvalue weighted by Gasteiger charge is -2.33. The fourth-order valence-corrected chi connectivity index (χ4v) is 5.62. The molecule has 0 aliphatic rings. The van der Waals surface area contributed by atoms with E-state index in [0.29, 0.717) is 17.2 Å². The van der Waals surface area contributed by atoms with Crippen LogP contribution in [0.4, 0.5) is 5.69 Å². The van der Waals surface area contributed by atoms with Gasteiger partial charge in [-0.15, -0.1) is 0 Å². The van der Waals surface area contributed by atoms with E-state index < -0.39 is 28.5 Å². The van der Waals surface area contributed by atoms with Gasteiger partial charge in [0.2, 0.25) is 11.8 Å². The van der Waals surface area contributed by atoms with Crippen molar-refractivity contribution in [3.8, 4) is 11.5 Å². The quantitative estimate of drug-likeness (QED) is 0.299. The number of sulfonamides is 1. The van der Waals surface area contributed by atoms with Crippen molar-refractivity contribution in [1.82, 2.24) is 10.2 Å². The predicted octanol–water partition coefficient (Wildman–Crippen LogP) is 4.88. The van der Waals surface area contributed by atoms with Gasteiger partial charge in [-0.1, -0.05) is 48.9 Å². The standard InChI is InChI=1S/C30H36ClN3O6S/c1-6-21(2)32-30(36)22(3)33(19-23-12-14-24(31)15-13-23)29(35)20-34(41(37,38)26-10-8-7-9-11-26)27-18-25(39-4)16-17-28(27)40-5/h7-18,21-22H,6,19-20H2,1-5H3,(H,32,36)/t21-,22+/m1/s1. The average molecular weight is 602 g/mol. The van der Waals surface area contributed by atoms with Gasteiger partial charge in [-0.3, -0.25) is 13.9 Å². The summed E-state index contributed by atoms with van der Waals surface area (Å²) in [5.41, 5.74) is 0.842. The third kappa shape index (κ3) is 7.92. The van der Waals surface area contributed by atoms with E-state index >= 15 is 0 Å². The van der Waals surface area contributed by atoms with Crippen LogP contribution in [0.3, 0.4) is 0 Å². The number of methoxy groups -OCH3 is 2. The molecule has 0 saturated heterocycles. The van der Waals surface area contributed by atoms with Crippen molar-refractivity contribution in [1.29, 1.82) is 0 Å². The summed E-state index contributed by atoms with van der Waals surface area (Å²) in [4.78, 5) is 28.6. The van der Waals surface area contributed by atoms with Gasteiger partial charge in [0.25, 0.3) is 10.0 Å². The van der Waals surface area contributed by atoms with E-state index in [1.807, 2.05) is 13.8 Å². The minimum Gasteiger partial charge on any atom is -0.497 e. The maximum Gasteiger partial charge on any atom is 0.264 e. The molecule has 0 fully saturated rings. The molecule has 41 heavy (non-hydrogen) atoms. The SMILES string of the molecule is CC[C@@H](C)NC(=O)[C@H](C)N(Cc1ccc(Cl)cc1)C(=O)CN(c1cc(OC)ccc1OC)S(=O)(=O)c1ccccc1. The lowest BCUT2D eigenvalue weighted by molar-refractivity contribution is -0.139. The molecule has 11 heteroatoms. The van der Waals surface area contributed by atoms with Gasteiger partial charge in [-0.25, -0.2) is 8.42 Å². The molecule has 0 unspecified atom stereocenters. The zero-order valence-corrected chi connectivity index (χ0v) is 25.4. The Morgan fingerprint density at radius 2 is 1.61 bits per heavy atom. The molecule has 0 saturated carbocycles. The molecular weight excluding hydrogens is 566 g/mol. The van der Waals surface area contributed by atoms with Crippen molar-refractivity contribution in [2.75, 3.05) is 25.1 Å². The maximum atomic E-state index is 14.1. The highest BCUT2D eigenvalue weighted by Gasteiger charge is 2.34. The van der Waals surface area contributed by atoms with E-state index in [1.54, 1.807) is 61.5 Å². The van der Waals surface area contributed by atoms with Crippen LogP contribution in [0.1, 0.15) is 32.8 Å². The fourth-order valence-electron chi connectivity index (χ4n) is 4.06. The summed E-state index contributed by atoms with van der Waals surface area (Å²) in [5.74, 6) is -0.333. The maximum absolute atomic E-state index is 14.1. The first-order valence-corrected chi connectivity index (χ1v) is 15.0. The summed E-state index contributed by atoms with van der Waals surface area (Å²) >= 11 is 6.06. The molecule has 0 radical (unpaired) electrons. The van der Waals surface area contributed by atoms with Crippen molar-refractivity contribution in [2.24, 2.45) is 0 Å². The Balaban J connectivity index is 2.10. The molecule has 2 amide bonds. The Morgan fingerprint density at radius 3 is 2.20 bits per heavy atom. The molecule has 0 heterocycles. The third-order valence-electron chi connectivity index (χ3n) is 6.70. The van der Waals surface area contributed by atoms with Crippen LogP contribution in [-0.2, 0) is 26.2 Å². The monoisotopic (exact) mass is 601 g/mol. The summed E-state index contributed by atoms with van der Waals surface area (Å²) in [6.07, 6.45) is 0.711. The Labute approximate surface area is 247 Å². The van der Waals surface area contributed by atoms with Crippen LogP contribution in [0.2, 0.25) is 5.02 Å². The van der Waals surface area contributed by atoms with Crippen LogP contribution in [0.25, 0.3) is 0 Å². The normalized spacial score (nSPS) is 12.6. The molecule has 220 valence electrons. The molecule has 3 aromatic carbocycles. The van der Waals surface area contributed by atoms with E-state index in [-0.39, 0.29) is 34.8 Å².